The summed E-state index contributed by atoms with van der Waals surface area (Å²) >= 11 is 1.40. The summed E-state index contributed by atoms with van der Waals surface area (Å²) in [7, 11) is 0. The number of carbonyl (C=O) groups excluding carboxylic acids is 2. The summed E-state index contributed by atoms with van der Waals surface area (Å²) in [5.41, 5.74) is 2.12. The van der Waals surface area contributed by atoms with E-state index < -0.39 is 0 Å². The predicted octanol–water partition coefficient (Wildman–Crippen LogP) is 4.62. The number of fused-ring (bicyclic) bond motifs is 1. The zero-order valence-electron chi connectivity index (χ0n) is 18.7. The number of nitrogens with one attached hydrogen (secondary N) is 1. The van der Waals surface area contributed by atoms with E-state index in [9.17, 15) is 9.59 Å². The summed E-state index contributed by atoms with van der Waals surface area (Å²) in [6, 6.07) is 12.8. The van der Waals surface area contributed by atoms with Crippen molar-refractivity contribution in [2.24, 2.45) is 4.99 Å². The Labute approximate surface area is 191 Å². The Hall–Kier alpha value is -2.97. The Kier molecular flexibility index (Phi) is 8.58. The molecule has 32 heavy (non-hydrogen) atoms. The van der Waals surface area contributed by atoms with E-state index in [1.54, 1.807) is 18.2 Å². The van der Waals surface area contributed by atoms with E-state index in [0.717, 1.165) is 23.1 Å². The smallest absolute Gasteiger partial charge is 0.279 e. The number of benzene rings is 2. The van der Waals surface area contributed by atoms with E-state index in [-0.39, 0.29) is 11.8 Å². The quantitative estimate of drug-likeness (QED) is 0.452. The second-order valence-electron chi connectivity index (χ2n) is 7.24. The van der Waals surface area contributed by atoms with Gasteiger partial charge in [-0.2, -0.15) is 4.99 Å². The number of nitrogens with zero attached hydrogens (tertiary/aromatic N) is 2. The molecular weight excluding hydrogens is 426 g/mol. The molecule has 3 rings (SSSR count). The maximum atomic E-state index is 13.0. The van der Waals surface area contributed by atoms with Gasteiger partial charge in [-0.1, -0.05) is 30.7 Å². The largest absolute Gasteiger partial charge is 0.494 e. The maximum Gasteiger partial charge on any atom is 0.279 e. The number of rotatable bonds is 10. The zero-order chi connectivity index (χ0) is 22.9. The van der Waals surface area contributed by atoms with E-state index in [2.05, 4.69) is 17.2 Å². The van der Waals surface area contributed by atoms with Crippen LogP contribution in [0.3, 0.4) is 0 Å². The van der Waals surface area contributed by atoms with Crippen LogP contribution in [-0.2, 0) is 16.1 Å². The third-order valence-corrected chi connectivity index (χ3v) is 5.75. The SMILES string of the molecule is CCCCOc1cccc(C(=O)N=c2sc3cc(NC(C)=O)ccc3n2CCOCC)c1. The van der Waals surface area contributed by atoms with Crippen molar-refractivity contribution in [3.05, 3.63) is 52.8 Å². The van der Waals surface area contributed by atoms with Crippen LogP contribution in [0.15, 0.2) is 47.5 Å². The van der Waals surface area contributed by atoms with Gasteiger partial charge in [-0.05, 0) is 49.7 Å². The molecule has 170 valence electrons. The van der Waals surface area contributed by atoms with Crippen LogP contribution in [0, 0.1) is 0 Å². The number of amides is 2. The van der Waals surface area contributed by atoms with Crippen molar-refractivity contribution in [1.29, 1.82) is 0 Å². The highest BCUT2D eigenvalue weighted by atomic mass is 32.1. The monoisotopic (exact) mass is 455 g/mol. The molecule has 0 saturated heterocycles. The molecule has 0 saturated carbocycles. The molecule has 0 aliphatic heterocycles. The van der Waals surface area contributed by atoms with Crippen LogP contribution in [0.4, 0.5) is 5.69 Å². The number of anilines is 1. The van der Waals surface area contributed by atoms with Gasteiger partial charge < -0.3 is 19.4 Å². The predicted molar refractivity (Wildman–Crippen MR) is 127 cm³/mol. The minimum atomic E-state index is -0.329. The summed E-state index contributed by atoms with van der Waals surface area (Å²) in [5.74, 6) is 0.205. The van der Waals surface area contributed by atoms with Crippen molar-refractivity contribution in [2.75, 3.05) is 25.1 Å². The van der Waals surface area contributed by atoms with E-state index >= 15 is 0 Å². The van der Waals surface area contributed by atoms with Gasteiger partial charge in [0, 0.05) is 31.3 Å². The highest BCUT2D eigenvalue weighted by Crippen LogP contribution is 2.22. The van der Waals surface area contributed by atoms with E-state index in [1.165, 1.54) is 18.3 Å². The maximum absolute atomic E-state index is 13.0. The Morgan fingerprint density at radius 3 is 2.72 bits per heavy atom. The average molecular weight is 456 g/mol. The van der Waals surface area contributed by atoms with Gasteiger partial charge in [0.2, 0.25) is 5.91 Å². The van der Waals surface area contributed by atoms with Gasteiger partial charge in [0.15, 0.2) is 4.80 Å². The first-order chi connectivity index (χ1) is 15.5. The van der Waals surface area contributed by atoms with Gasteiger partial charge in [0.1, 0.15) is 5.75 Å². The number of thiazole rings is 1. The lowest BCUT2D eigenvalue weighted by Crippen LogP contribution is -2.19. The Morgan fingerprint density at radius 1 is 1.12 bits per heavy atom. The molecule has 0 bridgehead atoms. The van der Waals surface area contributed by atoms with Crippen molar-refractivity contribution in [3.8, 4) is 5.75 Å². The minimum absolute atomic E-state index is 0.133. The van der Waals surface area contributed by atoms with Crippen LogP contribution < -0.4 is 14.9 Å². The molecule has 3 aromatic rings. The van der Waals surface area contributed by atoms with E-state index in [4.69, 9.17) is 9.47 Å². The average Bonchev–Trinajstić information content (AvgIpc) is 3.10. The van der Waals surface area contributed by atoms with Crippen molar-refractivity contribution >= 4 is 39.1 Å². The molecule has 0 atom stereocenters. The first-order valence-electron chi connectivity index (χ1n) is 10.8. The molecule has 0 aliphatic rings. The lowest BCUT2D eigenvalue weighted by Gasteiger charge is -2.07. The number of unbranched alkanes of at least 4 members (excludes halogenated alkanes) is 1. The Morgan fingerprint density at radius 2 is 1.97 bits per heavy atom. The molecule has 0 spiro atoms. The lowest BCUT2D eigenvalue weighted by atomic mass is 10.2. The summed E-state index contributed by atoms with van der Waals surface area (Å²) in [4.78, 5) is 29.4. The van der Waals surface area contributed by atoms with Crippen molar-refractivity contribution in [2.45, 2.75) is 40.2 Å². The second kappa shape index (κ2) is 11.6. The fourth-order valence-electron chi connectivity index (χ4n) is 3.16. The summed E-state index contributed by atoms with van der Waals surface area (Å²) in [6.45, 7) is 7.84. The molecule has 2 aromatic carbocycles. The van der Waals surface area contributed by atoms with Gasteiger partial charge in [-0.15, -0.1) is 0 Å². The number of hydrogen-bond donors (Lipinski definition) is 1. The second-order valence-corrected chi connectivity index (χ2v) is 8.25. The van der Waals surface area contributed by atoms with Gasteiger partial charge in [0.25, 0.3) is 5.91 Å². The van der Waals surface area contributed by atoms with Gasteiger partial charge in [-0.3, -0.25) is 9.59 Å². The summed E-state index contributed by atoms with van der Waals surface area (Å²) in [6.07, 6.45) is 2.01. The first-order valence-corrected chi connectivity index (χ1v) is 11.6. The van der Waals surface area contributed by atoms with Crippen LogP contribution in [0.1, 0.15) is 44.0 Å². The topological polar surface area (TPSA) is 81.9 Å². The molecule has 1 aromatic heterocycles. The number of hydrogen-bond acceptors (Lipinski definition) is 5. The third-order valence-electron chi connectivity index (χ3n) is 4.71. The molecule has 2 amide bonds. The van der Waals surface area contributed by atoms with Gasteiger partial charge in [0.05, 0.1) is 23.4 Å². The van der Waals surface area contributed by atoms with Crippen molar-refractivity contribution < 1.29 is 19.1 Å². The highest BCUT2D eigenvalue weighted by Gasteiger charge is 2.11. The summed E-state index contributed by atoms with van der Waals surface area (Å²) in [5, 5.41) is 2.79. The zero-order valence-corrected chi connectivity index (χ0v) is 19.5. The van der Waals surface area contributed by atoms with Crippen LogP contribution in [-0.4, -0.2) is 36.2 Å². The lowest BCUT2D eigenvalue weighted by molar-refractivity contribution is -0.114. The molecule has 7 nitrogen and oxygen atoms in total. The van der Waals surface area contributed by atoms with Crippen LogP contribution in [0.2, 0.25) is 0 Å². The van der Waals surface area contributed by atoms with E-state index in [1.807, 2.05) is 35.8 Å². The Bertz CT molecular complexity index is 1150. The molecule has 1 heterocycles. The third kappa shape index (κ3) is 6.27. The molecule has 8 heteroatoms. The number of carbonyl (C=O) groups is 2. The number of ether oxygens (including phenoxy) is 2. The van der Waals surface area contributed by atoms with Crippen LogP contribution in [0.25, 0.3) is 10.2 Å². The van der Waals surface area contributed by atoms with Gasteiger partial charge >= 0.3 is 0 Å². The molecular formula is C24H29N3O4S. The van der Waals surface area contributed by atoms with Crippen molar-refractivity contribution in [1.82, 2.24) is 4.57 Å². The van der Waals surface area contributed by atoms with Crippen LogP contribution in [0.5, 0.6) is 5.75 Å². The molecule has 0 unspecified atom stereocenters. The standard InChI is InChI=1S/C24H29N3O4S/c1-4-6-13-31-20-9-7-8-18(15-20)23(29)26-24-27(12-14-30-5-2)21-11-10-19(25-17(3)28)16-22(21)32-24/h7-11,15-16H,4-6,12-14H2,1-3H3,(H,25,28). The molecule has 0 radical (unpaired) electrons. The minimum Gasteiger partial charge on any atom is -0.494 e. The molecule has 0 fully saturated rings. The van der Waals surface area contributed by atoms with E-state index in [0.29, 0.717) is 48.2 Å². The normalized spacial score (nSPS) is 11.7. The number of aromatic nitrogens is 1. The van der Waals surface area contributed by atoms with Gasteiger partial charge in [-0.25, -0.2) is 0 Å². The molecule has 0 aliphatic carbocycles. The van der Waals surface area contributed by atoms with Crippen molar-refractivity contribution in [3.63, 3.8) is 0 Å². The fraction of sp³-hybridized carbons (Fsp3) is 0.375. The van der Waals surface area contributed by atoms with Crippen LogP contribution >= 0.6 is 11.3 Å². The Balaban J connectivity index is 1.95. The molecule has 1 N–H and O–H groups in total. The first kappa shape index (κ1) is 23.7. The summed E-state index contributed by atoms with van der Waals surface area (Å²) < 4.78 is 14.2. The highest BCUT2D eigenvalue weighted by molar-refractivity contribution is 7.16. The fourth-order valence-corrected chi connectivity index (χ4v) is 4.25.